The van der Waals surface area contributed by atoms with E-state index < -0.39 is 11.7 Å². The molecule has 2 saturated heterocycles. The molecule has 110 valence electrons. The minimum absolute atomic E-state index is 0.0296. The van der Waals surface area contributed by atoms with E-state index in [1.54, 1.807) is 12.0 Å². The largest absolute Gasteiger partial charge is 0.444 e. The third-order valence-electron chi connectivity index (χ3n) is 4.02. The molecule has 0 radical (unpaired) electrons. The van der Waals surface area contributed by atoms with Crippen LogP contribution in [0.2, 0.25) is 0 Å². The fourth-order valence-electron chi connectivity index (χ4n) is 3.28. The minimum atomic E-state index is -0.518. The Hall–Kier alpha value is -0.810. The number of amides is 1. The van der Waals surface area contributed by atoms with Gasteiger partial charge in [-0.15, -0.1) is 0 Å². The van der Waals surface area contributed by atoms with Gasteiger partial charge in [0.05, 0.1) is 24.8 Å². The van der Waals surface area contributed by atoms with Gasteiger partial charge in [-0.3, -0.25) is 4.90 Å². The number of fused-ring (bicyclic) bond motifs is 3. The van der Waals surface area contributed by atoms with Gasteiger partial charge in [-0.1, -0.05) is 0 Å². The molecule has 5 heteroatoms. The lowest BCUT2D eigenvalue weighted by molar-refractivity contribution is -0.107. The van der Waals surface area contributed by atoms with E-state index in [9.17, 15) is 9.90 Å². The highest BCUT2D eigenvalue weighted by Crippen LogP contribution is 2.40. The van der Waals surface area contributed by atoms with Crippen molar-refractivity contribution in [1.29, 1.82) is 0 Å². The number of aliphatic hydroxyl groups excluding tert-OH is 1. The Morgan fingerprint density at radius 1 is 1.37 bits per heavy atom. The van der Waals surface area contributed by atoms with Crippen LogP contribution in [0.3, 0.4) is 0 Å². The molecule has 3 fully saturated rings. The molecule has 0 aromatic rings. The van der Waals surface area contributed by atoms with Crippen molar-refractivity contribution in [3.8, 4) is 0 Å². The van der Waals surface area contributed by atoms with Gasteiger partial charge in [0.15, 0.2) is 0 Å². The Bertz CT molecular complexity index is 339. The van der Waals surface area contributed by atoms with Gasteiger partial charge in [0.25, 0.3) is 0 Å². The van der Waals surface area contributed by atoms with Gasteiger partial charge in [-0.25, -0.2) is 4.79 Å². The van der Waals surface area contributed by atoms with Crippen LogP contribution < -0.4 is 0 Å². The van der Waals surface area contributed by atoms with E-state index in [-0.39, 0.29) is 18.2 Å². The Morgan fingerprint density at radius 2 is 2.05 bits per heavy atom. The molecule has 2 aliphatic heterocycles. The van der Waals surface area contributed by atoms with Crippen LogP contribution in [0.15, 0.2) is 0 Å². The van der Waals surface area contributed by atoms with Crippen LogP contribution >= 0.6 is 0 Å². The minimum Gasteiger partial charge on any atom is -0.444 e. The van der Waals surface area contributed by atoms with Gasteiger partial charge in [-0.2, -0.15) is 0 Å². The molecule has 1 aliphatic carbocycles. The smallest absolute Gasteiger partial charge is 0.410 e. The van der Waals surface area contributed by atoms with E-state index in [0.29, 0.717) is 12.5 Å². The zero-order valence-corrected chi connectivity index (χ0v) is 12.3. The maximum Gasteiger partial charge on any atom is 0.410 e. The highest BCUT2D eigenvalue weighted by atomic mass is 16.6. The number of hydrogen-bond acceptors (Lipinski definition) is 4. The normalized spacial score (nSPS) is 34.5. The second kappa shape index (κ2) is 5.29. The average molecular weight is 271 g/mol. The Balaban J connectivity index is 2.16. The standard InChI is InChI=1S/C14H25NO4/c1-14(2,3)19-13(17)15-10-6-5-9(7-12(10)16)11(15)8-18-4/h9-12,16H,5-8H2,1-4H3/t9-,10+,11-,12-/m1/s1. The summed E-state index contributed by atoms with van der Waals surface area (Å²) in [5, 5.41) is 10.1. The quantitative estimate of drug-likeness (QED) is 0.831. The molecule has 3 aliphatic rings. The van der Waals surface area contributed by atoms with Gasteiger partial charge in [0.2, 0.25) is 0 Å². The Labute approximate surface area is 114 Å². The number of hydrogen-bond donors (Lipinski definition) is 1. The molecule has 1 saturated carbocycles. The maximum absolute atomic E-state index is 12.4. The molecule has 0 aromatic heterocycles. The van der Waals surface area contributed by atoms with E-state index in [0.717, 1.165) is 19.3 Å². The fourth-order valence-corrected chi connectivity index (χ4v) is 3.28. The number of carbonyl (C=O) groups is 1. The number of carbonyl (C=O) groups excluding carboxylic acids is 1. The monoisotopic (exact) mass is 271 g/mol. The van der Waals surface area contributed by atoms with E-state index in [2.05, 4.69) is 0 Å². The first-order valence-corrected chi connectivity index (χ1v) is 7.02. The predicted octanol–water partition coefficient (Wildman–Crippen LogP) is 1.78. The molecular formula is C14H25NO4. The molecule has 1 amide bonds. The van der Waals surface area contributed by atoms with Crippen LogP contribution in [0, 0.1) is 5.92 Å². The molecule has 19 heavy (non-hydrogen) atoms. The lowest BCUT2D eigenvalue weighted by Crippen LogP contribution is -2.64. The highest BCUT2D eigenvalue weighted by molar-refractivity contribution is 5.69. The molecule has 5 nitrogen and oxygen atoms in total. The molecule has 2 bridgehead atoms. The van der Waals surface area contributed by atoms with Crippen molar-refractivity contribution in [1.82, 2.24) is 4.90 Å². The summed E-state index contributed by atoms with van der Waals surface area (Å²) in [5.41, 5.74) is -0.518. The summed E-state index contributed by atoms with van der Waals surface area (Å²) >= 11 is 0. The summed E-state index contributed by atoms with van der Waals surface area (Å²) in [7, 11) is 1.64. The van der Waals surface area contributed by atoms with E-state index in [4.69, 9.17) is 9.47 Å². The van der Waals surface area contributed by atoms with Crippen LogP contribution in [0.5, 0.6) is 0 Å². The topological polar surface area (TPSA) is 59.0 Å². The zero-order chi connectivity index (χ0) is 14.2. The first kappa shape index (κ1) is 14.6. The van der Waals surface area contributed by atoms with Crippen molar-refractivity contribution in [2.45, 2.75) is 63.8 Å². The maximum atomic E-state index is 12.4. The van der Waals surface area contributed by atoms with Crippen molar-refractivity contribution in [3.05, 3.63) is 0 Å². The van der Waals surface area contributed by atoms with Gasteiger partial charge >= 0.3 is 6.09 Å². The molecule has 2 heterocycles. The lowest BCUT2D eigenvalue weighted by Gasteiger charge is -2.53. The van der Waals surface area contributed by atoms with E-state index in [1.807, 2.05) is 20.8 Å². The summed E-state index contributed by atoms with van der Waals surface area (Å²) < 4.78 is 10.7. The number of methoxy groups -OCH3 is 1. The first-order chi connectivity index (χ1) is 8.83. The fraction of sp³-hybridized carbons (Fsp3) is 0.929. The van der Waals surface area contributed by atoms with Crippen molar-refractivity contribution in [2.75, 3.05) is 13.7 Å². The second-order valence-corrected chi connectivity index (χ2v) is 6.62. The Morgan fingerprint density at radius 3 is 2.58 bits per heavy atom. The molecular weight excluding hydrogens is 246 g/mol. The highest BCUT2D eigenvalue weighted by Gasteiger charge is 2.49. The number of ether oxygens (including phenoxy) is 2. The van der Waals surface area contributed by atoms with Crippen LogP contribution in [0.4, 0.5) is 4.79 Å². The summed E-state index contributed by atoms with van der Waals surface area (Å²) in [6, 6.07) is -0.0954. The second-order valence-electron chi connectivity index (χ2n) is 6.62. The third-order valence-corrected chi connectivity index (χ3v) is 4.02. The van der Waals surface area contributed by atoms with Gasteiger partial charge < -0.3 is 14.6 Å². The van der Waals surface area contributed by atoms with Crippen LogP contribution in [-0.2, 0) is 9.47 Å². The van der Waals surface area contributed by atoms with Crippen LogP contribution in [0.1, 0.15) is 40.0 Å². The van der Waals surface area contributed by atoms with E-state index in [1.165, 1.54) is 0 Å². The van der Waals surface area contributed by atoms with Gasteiger partial charge in [-0.05, 0) is 46.0 Å². The lowest BCUT2D eigenvalue weighted by atomic mass is 9.73. The van der Waals surface area contributed by atoms with Crippen LogP contribution in [0.25, 0.3) is 0 Å². The van der Waals surface area contributed by atoms with Crippen molar-refractivity contribution >= 4 is 6.09 Å². The molecule has 3 rings (SSSR count). The van der Waals surface area contributed by atoms with Gasteiger partial charge in [0.1, 0.15) is 5.60 Å². The van der Waals surface area contributed by atoms with Crippen molar-refractivity contribution in [2.24, 2.45) is 5.92 Å². The molecule has 0 spiro atoms. The average Bonchev–Trinajstić information content (AvgIpc) is 2.28. The number of piperidine rings is 2. The molecule has 1 N–H and O–H groups in total. The third kappa shape index (κ3) is 3.03. The van der Waals surface area contributed by atoms with Crippen molar-refractivity contribution < 1.29 is 19.4 Å². The summed E-state index contributed by atoms with van der Waals surface area (Å²) in [5.74, 6) is 0.312. The summed E-state index contributed by atoms with van der Waals surface area (Å²) in [6.07, 6.45) is 1.90. The SMILES string of the molecule is COC[C@@H]1[C@@H]2CC[C@@H]([C@H](O)C2)N1C(=O)OC(C)(C)C. The molecule has 0 unspecified atom stereocenters. The number of aliphatic hydroxyl groups is 1. The number of nitrogens with zero attached hydrogens (tertiary/aromatic N) is 1. The summed E-state index contributed by atoms with van der Waals surface area (Å²) in [4.78, 5) is 14.1. The van der Waals surface area contributed by atoms with Crippen molar-refractivity contribution in [3.63, 3.8) is 0 Å². The summed E-state index contributed by atoms with van der Waals surface area (Å²) in [6.45, 7) is 6.08. The molecule has 0 aromatic carbocycles. The molecule has 4 atom stereocenters. The van der Waals surface area contributed by atoms with E-state index >= 15 is 0 Å². The van der Waals surface area contributed by atoms with Crippen LogP contribution in [-0.4, -0.2) is 53.6 Å². The Kier molecular flexibility index (Phi) is 4.06. The first-order valence-electron chi connectivity index (χ1n) is 7.02. The predicted molar refractivity (Wildman–Crippen MR) is 70.9 cm³/mol. The van der Waals surface area contributed by atoms with Gasteiger partial charge in [0, 0.05) is 7.11 Å². The number of rotatable bonds is 2. The zero-order valence-electron chi connectivity index (χ0n) is 12.3.